The van der Waals surface area contributed by atoms with Crippen molar-refractivity contribution in [3.63, 3.8) is 0 Å². The average Bonchev–Trinajstić information content (AvgIpc) is 2.56. The van der Waals surface area contributed by atoms with E-state index >= 15 is 0 Å². The van der Waals surface area contributed by atoms with Crippen LogP contribution in [-0.4, -0.2) is 24.2 Å². The van der Waals surface area contributed by atoms with Crippen LogP contribution in [0.25, 0.3) is 0 Å². The molecule has 4 heteroatoms. The van der Waals surface area contributed by atoms with Gasteiger partial charge >= 0.3 is 0 Å². The molecule has 0 amide bonds. The molecule has 0 radical (unpaired) electrons. The summed E-state index contributed by atoms with van der Waals surface area (Å²) in [5.41, 5.74) is 1.21. The van der Waals surface area contributed by atoms with Crippen molar-refractivity contribution in [2.45, 2.75) is 39.3 Å². The molecule has 84 valence electrons. The van der Waals surface area contributed by atoms with Crippen LogP contribution in [0, 0.1) is 13.8 Å². The van der Waals surface area contributed by atoms with Gasteiger partial charge in [0.25, 0.3) is 0 Å². The molecule has 0 aliphatic carbocycles. The lowest BCUT2D eigenvalue weighted by atomic mass is 10.1. The van der Waals surface area contributed by atoms with E-state index in [4.69, 9.17) is 4.74 Å². The number of rotatable bonds is 3. The van der Waals surface area contributed by atoms with Crippen molar-refractivity contribution in [3.05, 3.63) is 15.6 Å². The second kappa shape index (κ2) is 5.05. The summed E-state index contributed by atoms with van der Waals surface area (Å²) < 4.78 is 5.33. The Bertz CT molecular complexity index is 318. The third-order valence-corrected chi connectivity index (χ3v) is 3.71. The molecule has 2 heterocycles. The van der Waals surface area contributed by atoms with E-state index in [1.165, 1.54) is 10.6 Å². The van der Waals surface area contributed by atoms with Gasteiger partial charge in [0.05, 0.1) is 10.7 Å². The molecule has 1 aromatic rings. The first-order valence-corrected chi connectivity index (χ1v) is 6.31. The van der Waals surface area contributed by atoms with Crippen LogP contribution in [0.3, 0.4) is 0 Å². The summed E-state index contributed by atoms with van der Waals surface area (Å²) in [7, 11) is 0. The number of thiazole rings is 1. The van der Waals surface area contributed by atoms with Crippen LogP contribution in [0.2, 0.25) is 0 Å². The van der Waals surface area contributed by atoms with Crippen LogP contribution in [0.15, 0.2) is 0 Å². The zero-order valence-corrected chi connectivity index (χ0v) is 10.2. The van der Waals surface area contributed by atoms with Gasteiger partial charge in [-0.25, -0.2) is 4.98 Å². The number of hydrogen-bond acceptors (Lipinski definition) is 4. The minimum Gasteiger partial charge on any atom is -0.381 e. The Kier molecular flexibility index (Phi) is 3.72. The first kappa shape index (κ1) is 11.0. The second-order valence-electron chi connectivity index (χ2n) is 4.00. The predicted octanol–water partition coefficient (Wildman–Crippen LogP) is 2.03. The monoisotopic (exact) mass is 226 g/mol. The first-order valence-electron chi connectivity index (χ1n) is 5.50. The summed E-state index contributed by atoms with van der Waals surface area (Å²) in [4.78, 5) is 5.86. The van der Waals surface area contributed by atoms with E-state index in [0.29, 0.717) is 6.04 Å². The van der Waals surface area contributed by atoms with Crippen LogP contribution >= 0.6 is 11.3 Å². The molecule has 0 saturated carbocycles. The van der Waals surface area contributed by atoms with E-state index in [1.54, 1.807) is 11.3 Å². The molecule has 1 fully saturated rings. The molecule has 0 atom stereocenters. The standard InChI is InChI=1S/C11H18N2OS/c1-8-11(13-9(2)15-8)7-12-10-3-5-14-6-4-10/h10,12H,3-7H2,1-2H3. The number of nitrogens with one attached hydrogen (secondary N) is 1. The fraction of sp³-hybridized carbons (Fsp3) is 0.727. The van der Waals surface area contributed by atoms with E-state index in [2.05, 4.69) is 24.1 Å². The normalized spacial score (nSPS) is 18.3. The van der Waals surface area contributed by atoms with Gasteiger partial charge in [-0.3, -0.25) is 0 Å². The van der Waals surface area contributed by atoms with Crippen molar-refractivity contribution >= 4 is 11.3 Å². The third-order valence-electron chi connectivity index (χ3n) is 2.78. The highest BCUT2D eigenvalue weighted by molar-refractivity contribution is 7.11. The molecule has 2 rings (SSSR count). The lowest BCUT2D eigenvalue weighted by Gasteiger charge is -2.22. The van der Waals surface area contributed by atoms with Crippen LogP contribution in [0.5, 0.6) is 0 Å². The van der Waals surface area contributed by atoms with Gasteiger partial charge in [-0.05, 0) is 26.7 Å². The number of aromatic nitrogens is 1. The van der Waals surface area contributed by atoms with Gasteiger partial charge in [0.1, 0.15) is 0 Å². The number of aryl methyl sites for hydroxylation is 2. The quantitative estimate of drug-likeness (QED) is 0.856. The summed E-state index contributed by atoms with van der Waals surface area (Å²) in [6.07, 6.45) is 2.25. The Morgan fingerprint density at radius 1 is 1.40 bits per heavy atom. The maximum absolute atomic E-state index is 5.33. The summed E-state index contributed by atoms with van der Waals surface area (Å²) in [6, 6.07) is 0.611. The highest BCUT2D eigenvalue weighted by Crippen LogP contribution is 2.16. The molecular weight excluding hydrogens is 208 g/mol. The first-order chi connectivity index (χ1) is 7.25. The molecule has 0 aromatic carbocycles. The van der Waals surface area contributed by atoms with Crippen LogP contribution < -0.4 is 5.32 Å². The van der Waals surface area contributed by atoms with Crippen molar-refractivity contribution in [2.75, 3.05) is 13.2 Å². The molecule has 0 spiro atoms. The van der Waals surface area contributed by atoms with Crippen LogP contribution in [0.4, 0.5) is 0 Å². The predicted molar refractivity (Wildman–Crippen MR) is 62.3 cm³/mol. The number of hydrogen-bond donors (Lipinski definition) is 1. The van der Waals surface area contributed by atoms with E-state index in [-0.39, 0.29) is 0 Å². The van der Waals surface area contributed by atoms with Gasteiger partial charge in [-0.2, -0.15) is 0 Å². The molecule has 1 N–H and O–H groups in total. The zero-order valence-electron chi connectivity index (χ0n) is 9.38. The lowest BCUT2D eigenvalue weighted by molar-refractivity contribution is 0.0775. The maximum atomic E-state index is 5.33. The van der Waals surface area contributed by atoms with Crippen molar-refractivity contribution < 1.29 is 4.74 Å². The molecule has 1 aromatic heterocycles. The topological polar surface area (TPSA) is 34.2 Å². The van der Waals surface area contributed by atoms with E-state index in [0.717, 1.165) is 37.6 Å². The lowest BCUT2D eigenvalue weighted by Crippen LogP contribution is -2.34. The summed E-state index contributed by atoms with van der Waals surface area (Å²) in [5, 5.41) is 4.72. The number of ether oxygens (including phenoxy) is 1. The molecule has 1 aliphatic rings. The van der Waals surface area contributed by atoms with E-state index < -0.39 is 0 Å². The minimum atomic E-state index is 0.611. The molecular formula is C11H18N2OS. The highest BCUT2D eigenvalue weighted by atomic mass is 32.1. The zero-order chi connectivity index (χ0) is 10.7. The number of nitrogens with zero attached hydrogens (tertiary/aromatic N) is 1. The van der Waals surface area contributed by atoms with Crippen molar-refractivity contribution in [1.82, 2.24) is 10.3 Å². The Hall–Kier alpha value is -0.450. The van der Waals surface area contributed by atoms with Gasteiger partial charge in [0.15, 0.2) is 0 Å². The smallest absolute Gasteiger partial charge is 0.0900 e. The molecule has 1 aliphatic heterocycles. The van der Waals surface area contributed by atoms with Crippen molar-refractivity contribution in [3.8, 4) is 0 Å². The van der Waals surface area contributed by atoms with Gasteiger partial charge < -0.3 is 10.1 Å². The Labute approximate surface area is 94.9 Å². The van der Waals surface area contributed by atoms with E-state index in [1.807, 2.05) is 0 Å². The van der Waals surface area contributed by atoms with Crippen molar-refractivity contribution in [2.24, 2.45) is 0 Å². The van der Waals surface area contributed by atoms with Gasteiger partial charge in [-0.1, -0.05) is 0 Å². The summed E-state index contributed by atoms with van der Waals surface area (Å²) in [5.74, 6) is 0. The van der Waals surface area contributed by atoms with Crippen molar-refractivity contribution in [1.29, 1.82) is 0 Å². The Morgan fingerprint density at radius 2 is 2.13 bits per heavy atom. The van der Waals surface area contributed by atoms with Gasteiger partial charge in [0.2, 0.25) is 0 Å². The molecule has 0 bridgehead atoms. The highest BCUT2D eigenvalue weighted by Gasteiger charge is 2.14. The van der Waals surface area contributed by atoms with Gasteiger partial charge in [-0.15, -0.1) is 11.3 Å². The largest absolute Gasteiger partial charge is 0.381 e. The fourth-order valence-electron chi connectivity index (χ4n) is 1.88. The molecule has 15 heavy (non-hydrogen) atoms. The SMILES string of the molecule is Cc1nc(CNC2CCOCC2)c(C)s1. The maximum Gasteiger partial charge on any atom is 0.0900 e. The Balaban J connectivity index is 1.84. The average molecular weight is 226 g/mol. The Morgan fingerprint density at radius 3 is 2.73 bits per heavy atom. The van der Waals surface area contributed by atoms with E-state index in [9.17, 15) is 0 Å². The molecule has 0 unspecified atom stereocenters. The summed E-state index contributed by atoms with van der Waals surface area (Å²) >= 11 is 1.78. The van der Waals surface area contributed by atoms with Gasteiger partial charge in [0, 0.05) is 30.7 Å². The van der Waals surface area contributed by atoms with Crippen LogP contribution in [-0.2, 0) is 11.3 Å². The molecule has 3 nitrogen and oxygen atoms in total. The summed E-state index contributed by atoms with van der Waals surface area (Å²) in [6.45, 7) is 6.90. The third kappa shape index (κ3) is 3.00. The minimum absolute atomic E-state index is 0.611. The van der Waals surface area contributed by atoms with Crippen LogP contribution in [0.1, 0.15) is 28.4 Å². The second-order valence-corrected chi connectivity index (χ2v) is 5.41. The molecule has 1 saturated heterocycles. The fourth-order valence-corrected chi connectivity index (χ4v) is 2.71.